The Morgan fingerprint density at radius 1 is 1.70 bits per heavy atom. The van der Waals surface area contributed by atoms with E-state index in [9.17, 15) is 4.79 Å². The molecule has 1 aromatic rings. The molecule has 52 valence electrons. The maximum Gasteiger partial charge on any atom is 0.354 e. The van der Waals surface area contributed by atoms with Crippen LogP contribution in [0.4, 0.5) is 0 Å². The van der Waals surface area contributed by atoms with E-state index in [2.05, 4.69) is 4.98 Å². The van der Waals surface area contributed by atoms with Gasteiger partial charge in [-0.3, -0.25) is 0 Å². The molecule has 0 unspecified atom stereocenters. The highest BCUT2D eigenvalue weighted by molar-refractivity contribution is 14.1. The molecule has 10 heavy (non-hydrogen) atoms. The fourth-order valence-corrected chi connectivity index (χ4v) is 0.978. The molecule has 1 aromatic heterocycles. The second-order valence-corrected chi connectivity index (χ2v) is 2.91. The number of nitrogens with zero attached hydrogens (tertiary/aromatic N) is 1. The summed E-state index contributed by atoms with van der Waals surface area (Å²) in [4.78, 5) is 13.9. The van der Waals surface area contributed by atoms with Crippen LogP contribution in [-0.2, 0) is 0 Å². The van der Waals surface area contributed by atoms with E-state index in [1.54, 1.807) is 6.07 Å². The standard InChI is InChI=1S/C6H4INO2/c7-4-1-2-8-5(3-4)6(9)10/h1-3H,(H,9,10). The van der Waals surface area contributed by atoms with Crippen LogP contribution in [0.2, 0.25) is 0 Å². The third kappa shape index (κ3) is 1.66. The first-order chi connectivity index (χ1) is 4.70. The predicted molar refractivity (Wildman–Crippen MR) is 43.9 cm³/mol. The Morgan fingerprint density at radius 3 is 2.80 bits per heavy atom. The third-order valence-electron chi connectivity index (χ3n) is 0.941. The summed E-state index contributed by atoms with van der Waals surface area (Å²) < 4.78 is 0.880. The van der Waals surface area contributed by atoms with Crippen molar-refractivity contribution in [2.75, 3.05) is 0 Å². The van der Waals surface area contributed by atoms with Crippen LogP contribution in [0.3, 0.4) is 0 Å². The van der Waals surface area contributed by atoms with Crippen molar-refractivity contribution in [3.8, 4) is 0 Å². The zero-order chi connectivity index (χ0) is 7.56. The summed E-state index contributed by atoms with van der Waals surface area (Å²) in [5, 5.41) is 8.44. The van der Waals surface area contributed by atoms with Crippen molar-refractivity contribution in [2.45, 2.75) is 0 Å². The van der Waals surface area contributed by atoms with Gasteiger partial charge in [-0.1, -0.05) is 0 Å². The zero-order valence-corrected chi connectivity index (χ0v) is 7.07. The number of aromatic nitrogens is 1. The molecule has 0 spiro atoms. The lowest BCUT2D eigenvalue weighted by molar-refractivity contribution is 0.0690. The minimum absolute atomic E-state index is 0.0897. The number of aromatic carboxylic acids is 1. The average molecular weight is 249 g/mol. The Morgan fingerprint density at radius 2 is 2.40 bits per heavy atom. The second kappa shape index (κ2) is 2.96. The van der Waals surface area contributed by atoms with Gasteiger partial charge < -0.3 is 5.11 Å². The molecule has 0 atom stereocenters. The first kappa shape index (κ1) is 7.46. The summed E-state index contributed by atoms with van der Waals surface area (Å²) in [7, 11) is 0. The van der Waals surface area contributed by atoms with Gasteiger partial charge in [0.1, 0.15) is 5.69 Å². The molecule has 0 aromatic carbocycles. The molecule has 0 amide bonds. The van der Waals surface area contributed by atoms with E-state index < -0.39 is 5.97 Å². The highest BCUT2D eigenvalue weighted by Crippen LogP contribution is 2.03. The minimum atomic E-state index is -0.987. The average Bonchev–Trinajstić information content (AvgIpc) is 1.88. The Labute approximate surface area is 71.2 Å². The highest BCUT2D eigenvalue weighted by atomic mass is 127. The maximum absolute atomic E-state index is 10.3. The molecular weight excluding hydrogens is 245 g/mol. The van der Waals surface area contributed by atoms with Crippen LogP contribution >= 0.6 is 22.6 Å². The van der Waals surface area contributed by atoms with E-state index >= 15 is 0 Å². The maximum atomic E-state index is 10.3. The van der Waals surface area contributed by atoms with Crippen molar-refractivity contribution in [3.05, 3.63) is 27.6 Å². The molecule has 1 heterocycles. The number of rotatable bonds is 1. The fraction of sp³-hybridized carbons (Fsp3) is 0. The molecule has 0 saturated heterocycles. The van der Waals surface area contributed by atoms with Crippen molar-refractivity contribution in [1.29, 1.82) is 0 Å². The molecule has 0 fully saturated rings. The van der Waals surface area contributed by atoms with Gasteiger partial charge in [0.15, 0.2) is 0 Å². The van der Waals surface area contributed by atoms with E-state index in [0.29, 0.717) is 0 Å². The molecule has 4 heteroatoms. The van der Waals surface area contributed by atoms with E-state index in [-0.39, 0.29) is 5.69 Å². The molecule has 0 aliphatic carbocycles. The lowest BCUT2D eigenvalue weighted by Gasteiger charge is -1.91. The molecule has 0 aliphatic heterocycles. The molecule has 0 bridgehead atoms. The second-order valence-electron chi connectivity index (χ2n) is 1.66. The number of carboxylic acids is 1. The van der Waals surface area contributed by atoms with E-state index in [1.807, 2.05) is 22.6 Å². The summed E-state index contributed by atoms with van der Waals surface area (Å²) in [5.74, 6) is -0.987. The lowest BCUT2D eigenvalue weighted by atomic mass is 10.4. The van der Waals surface area contributed by atoms with Crippen LogP contribution in [0.25, 0.3) is 0 Å². The largest absolute Gasteiger partial charge is 0.477 e. The van der Waals surface area contributed by atoms with Crippen molar-refractivity contribution in [1.82, 2.24) is 4.98 Å². The van der Waals surface area contributed by atoms with Crippen LogP contribution < -0.4 is 0 Å². The van der Waals surface area contributed by atoms with Gasteiger partial charge in [0.25, 0.3) is 0 Å². The summed E-state index contributed by atoms with van der Waals surface area (Å²) >= 11 is 2.04. The lowest BCUT2D eigenvalue weighted by Crippen LogP contribution is -1.99. The van der Waals surface area contributed by atoms with Crippen molar-refractivity contribution >= 4 is 28.6 Å². The number of pyridine rings is 1. The first-order valence-corrected chi connectivity index (χ1v) is 3.63. The van der Waals surface area contributed by atoms with E-state index in [0.717, 1.165) is 3.57 Å². The normalized spacial score (nSPS) is 9.30. The molecular formula is C6H4INO2. The van der Waals surface area contributed by atoms with Crippen molar-refractivity contribution in [3.63, 3.8) is 0 Å². The Kier molecular flexibility index (Phi) is 2.21. The molecule has 0 saturated carbocycles. The van der Waals surface area contributed by atoms with Crippen LogP contribution in [0, 0.1) is 3.57 Å². The Bertz CT molecular complexity index is 262. The summed E-state index contributed by atoms with van der Waals surface area (Å²) in [6.45, 7) is 0. The van der Waals surface area contributed by atoms with Gasteiger partial charge in [0, 0.05) is 9.77 Å². The van der Waals surface area contributed by atoms with Crippen LogP contribution in [0.1, 0.15) is 10.5 Å². The van der Waals surface area contributed by atoms with Gasteiger partial charge in [0.2, 0.25) is 0 Å². The highest BCUT2D eigenvalue weighted by Gasteiger charge is 2.02. The smallest absolute Gasteiger partial charge is 0.354 e. The Hall–Kier alpha value is -0.650. The van der Waals surface area contributed by atoms with Gasteiger partial charge in [-0.2, -0.15) is 0 Å². The first-order valence-electron chi connectivity index (χ1n) is 2.55. The van der Waals surface area contributed by atoms with Gasteiger partial charge in [0.05, 0.1) is 0 Å². The monoisotopic (exact) mass is 249 g/mol. The molecule has 1 N–H and O–H groups in total. The van der Waals surface area contributed by atoms with Crippen LogP contribution in [-0.4, -0.2) is 16.1 Å². The topological polar surface area (TPSA) is 50.2 Å². The van der Waals surface area contributed by atoms with Gasteiger partial charge in [-0.15, -0.1) is 0 Å². The van der Waals surface area contributed by atoms with Gasteiger partial charge >= 0.3 is 5.97 Å². The number of carbonyl (C=O) groups is 1. The van der Waals surface area contributed by atoms with E-state index in [4.69, 9.17) is 5.11 Å². The van der Waals surface area contributed by atoms with Gasteiger partial charge in [-0.25, -0.2) is 9.78 Å². The van der Waals surface area contributed by atoms with E-state index in [1.165, 1.54) is 12.3 Å². The third-order valence-corrected chi connectivity index (χ3v) is 1.61. The SMILES string of the molecule is O=C(O)c1cc(I)ccn1. The fourth-order valence-electron chi connectivity index (χ4n) is 0.522. The van der Waals surface area contributed by atoms with Gasteiger partial charge in [-0.05, 0) is 34.7 Å². The Balaban J connectivity index is 3.07. The summed E-state index contributed by atoms with van der Waals surface area (Å²) in [6.07, 6.45) is 1.48. The number of halogens is 1. The zero-order valence-electron chi connectivity index (χ0n) is 4.91. The van der Waals surface area contributed by atoms with Crippen LogP contribution in [0.15, 0.2) is 18.3 Å². The van der Waals surface area contributed by atoms with Crippen molar-refractivity contribution in [2.24, 2.45) is 0 Å². The molecule has 1 rings (SSSR count). The number of hydrogen-bond donors (Lipinski definition) is 1. The van der Waals surface area contributed by atoms with Crippen LogP contribution in [0.5, 0.6) is 0 Å². The summed E-state index contributed by atoms with van der Waals surface area (Å²) in [5.41, 5.74) is 0.0897. The molecule has 0 aliphatic rings. The quantitative estimate of drug-likeness (QED) is 0.765. The minimum Gasteiger partial charge on any atom is -0.477 e. The number of carboxylic acid groups (broad SMARTS) is 1. The van der Waals surface area contributed by atoms with Crippen molar-refractivity contribution < 1.29 is 9.90 Å². The summed E-state index contributed by atoms with van der Waals surface area (Å²) in [6, 6.07) is 3.26. The molecule has 0 radical (unpaired) electrons. The molecule has 3 nitrogen and oxygen atoms in total. The predicted octanol–water partition coefficient (Wildman–Crippen LogP) is 1.38. The number of hydrogen-bond acceptors (Lipinski definition) is 2.